The fourth-order valence-corrected chi connectivity index (χ4v) is 4.81. The lowest BCUT2D eigenvalue weighted by Crippen LogP contribution is -2.28. The molecule has 0 radical (unpaired) electrons. The predicted octanol–water partition coefficient (Wildman–Crippen LogP) is 5.18. The number of nitrogens with one attached hydrogen (secondary N) is 1. The number of halogens is 1. The van der Waals surface area contributed by atoms with Gasteiger partial charge in [-0.15, -0.1) is 11.8 Å². The summed E-state index contributed by atoms with van der Waals surface area (Å²) in [5.74, 6) is 0.319. The molecule has 2 amide bonds. The fraction of sp³-hybridized carbons (Fsp3) is 0.200. The number of methoxy groups -OCH3 is 2. The lowest BCUT2D eigenvalue weighted by Gasteiger charge is -2.25. The molecule has 1 aliphatic heterocycles. The van der Waals surface area contributed by atoms with Gasteiger partial charge in [0.15, 0.2) is 0 Å². The van der Waals surface area contributed by atoms with Crippen molar-refractivity contribution in [1.82, 2.24) is 0 Å². The number of anilines is 2. The Labute approximate surface area is 195 Å². The summed E-state index contributed by atoms with van der Waals surface area (Å²) in [7, 11) is 3.03. The highest BCUT2D eigenvalue weighted by Gasteiger charge is 2.35. The Morgan fingerprint density at radius 2 is 1.79 bits per heavy atom. The SMILES string of the molecule is COc1cc(OC)cc(C(=O)Nc2cccc(C3SCC(=O)N3c3cc(C)ccc3F)c2)c1. The first-order valence-electron chi connectivity index (χ1n) is 10.2. The predicted molar refractivity (Wildman–Crippen MR) is 128 cm³/mol. The fourth-order valence-electron chi connectivity index (χ4n) is 3.65. The molecule has 1 atom stereocenters. The van der Waals surface area contributed by atoms with E-state index in [1.54, 1.807) is 48.5 Å². The third-order valence-electron chi connectivity index (χ3n) is 5.27. The summed E-state index contributed by atoms with van der Waals surface area (Å²) < 4.78 is 25.0. The van der Waals surface area contributed by atoms with Gasteiger partial charge in [0.2, 0.25) is 5.91 Å². The average Bonchev–Trinajstić information content (AvgIpc) is 3.21. The number of carbonyl (C=O) groups is 2. The number of hydrogen-bond donors (Lipinski definition) is 1. The summed E-state index contributed by atoms with van der Waals surface area (Å²) in [5.41, 5.74) is 2.85. The Bertz CT molecular complexity index is 1190. The van der Waals surface area contributed by atoms with Crippen molar-refractivity contribution in [2.24, 2.45) is 0 Å². The van der Waals surface area contributed by atoms with Crippen molar-refractivity contribution < 1.29 is 23.5 Å². The third kappa shape index (κ3) is 4.80. The van der Waals surface area contributed by atoms with Crippen LogP contribution < -0.4 is 19.7 Å². The van der Waals surface area contributed by atoms with Crippen LogP contribution in [0.1, 0.15) is 26.9 Å². The molecule has 4 rings (SSSR count). The first-order valence-corrected chi connectivity index (χ1v) is 11.3. The molecule has 1 saturated heterocycles. The van der Waals surface area contributed by atoms with Gasteiger partial charge in [-0.2, -0.15) is 0 Å². The number of hydrogen-bond acceptors (Lipinski definition) is 5. The van der Waals surface area contributed by atoms with Gasteiger partial charge in [-0.1, -0.05) is 18.2 Å². The van der Waals surface area contributed by atoms with Crippen LogP contribution in [0.2, 0.25) is 0 Å². The van der Waals surface area contributed by atoms with Crippen molar-refractivity contribution in [3.8, 4) is 11.5 Å². The van der Waals surface area contributed by atoms with Gasteiger partial charge in [0.25, 0.3) is 5.91 Å². The molecule has 0 saturated carbocycles. The monoisotopic (exact) mass is 466 g/mol. The summed E-state index contributed by atoms with van der Waals surface area (Å²) in [6.45, 7) is 1.86. The number of thioether (sulfide) groups is 1. The van der Waals surface area contributed by atoms with E-state index in [2.05, 4.69) is 5.32 Å². The molecule has 33 heavy (non-hydrogen) atoms. The van der Waals surface area contributed by atoms with Crippen LogP contribution in [0.5, 0.6) is 11.5 Å². The van der Waals surface area contributed by atoms with Crippen molar-refractivity contribution in [3.63, 3.8) is 0 Å². The molecule has 1 heterocycles. The largest absolute Gasteiger partial charge is 0.497 e. The molecular formula is C25H23FN2O4S. The van der Waals surface area contributed by atoms with E-state index in [1.165, 1.54) is 36.9 Å². The van der Waals surface area contributed by atoms with E-state index in [9.17, 15) is 14.0 Å². The minimum atomic E-state index is -0.446. The van der Waals surface area contributed by atoms with Crippen LogP contribution in [0.4, 0.5) is 15.8 Å². The van der Waals surface area contributed by atoms with Crippen LogP contribution in [0.3, 0.4) is 0 Å². The number of carbonyl (C=O) groups excluding carboxylic acids is 2. The number of ether oxygens (including phenoxy) is 2. The number of nitrogens with zero attached hydrogens (tertiary/aromatic N) is 1. The Hall–Kier alpha value is -3.52. The first kappa shape index (κ1) is 22.7. The van der Waals surface area contributed by atoms with Gasteiger partial charge in [-0.05, 0) is 54.4 Å². The molecule has 170 valence electrons. The van der Waals surface area contributed by atoms with Crippen LogP contribution in [0.15, 0.2) is 60.7 Å². The van der Waals surface area contributed by atoms with Gasteiger partial charge >= 0.3 is 0 Å². The molecule has 1 N–H and O–H groups in total. The van der Waals surface area contributed by atoms with E-state index < -0.39 is 11.2 Å². The zero-order valence-corrected chi connectivity index (χ0v) is 19.2. The molecule has 0 spiro atoms. The van der Waals surface area contributed by atoms with Crippen LogP contribution >= 0.6 is 11.8 Å². The topological polar surface area (TPSA) is 67.9 Å². The van der Waals surface area contributed by atoms with Crippen LogP contribution in [-0.4, -0.2) is 31.8 Å². The van der Waals surface area contributed by atoms with Gasteiger partial charge in [0.1, 0.15) is 22.7 Å². The van der Waals surface area contributed by atoms with E-state index in [0.717, 1.165) is 11.1 Å². The Morgan fingerprint density at radius 1 is 1.06 bits per heavy atom. The van der Waals surface area contributed by atoms with E-state index in [4.69, 9.17) is 9.47 Å². The lowest BCUT2D eigenvalue weighted by atomic mass is 10.1. The standard InChI is InChI=1S/C25H23FN2O4S/c1-15-7-8-21(26)22(9-15)28-23(29)14-33-25(28)16-5-4-6-18(10-16)27-24(30)17-11-19(31-2)13-20(12-17)32-3/h4-13,25H,14H2,1-3H3,(H,27,30). The molecule has 3 aromatic carbocycles. The smallest absolute Gasteiger partial charge is 0.255 e. The van der Waals surface area contributed by atoms with Crippen LogP contribution in [-0.2, 0) is 4.79 Å². The molecule has 6 nitrogen and oxygen atoms in total. The van der Waals surface area contributed by atoms with E-state index in [0.29, 0.717) is 22.7 Å². The minimum Gasteiger partial charge on any atom is -0.497 e. The van der Waals surface area contributed by atoms with Gasteiger partial charge < -0.3 is 14.8 Å². The Balaban J connectivity index is 1.61. The molecule has 1 unspecified atom stereocenters. The molecule has 0 aromatic heterocycles. The van der Waals surface area contributed by atoms with Gasteiger partial charge in [0.05, 0.1) is 25.7 Å². The summed E-state index contributed by atoms with van der Waals surface area (Å²) >= 11 is 1.42. The third-order valence-corrected chi connectivity index (χ3v) is 6.48. The quantitative estimate of drug-likeness (QED) is 0.542. The Kier molecular flexibility index (Phi) is 6.55. The summed E-state index contributed by atoms with van der Waals surface area (Å²) in [6, 6.07) is 16.9. The zero-order valence-electron chi connectivity index (χ0n) is 18.4. The second-order valence-corrected chi connectivity index (χ2v) is 8.63. The van der Waals surface area contributed by atoms with Crippen molar-refractivity contribution in [3.05, 3.63) is 83.2 Å². The molecule has 1 fully saturated rings. The lowest BCUT2D eigenvalue weighted by molar-refractivity contribution is -0.115. The molecule has 3 aromatic rings. The van der Waals surface area contributed by atoms with Gasteiger partial charge in [-0.3, -0.25) is 14.5 Å². The number of aryl methyl sites for hydroxylation is 1. The van der Waals surface area contributed by atoms with Crippen molar-refractivity contribution in [2.75, 3.05) is 30.2 Å². The van der Waals surface area contributed by atoms with Crippen molar-refractivity contribution >= 4 is 35.0 Å². The highest BCUT2D eigenvalue weighted by atomic mass is 32.2. The zero-order chi connectivity index (χ0) is 23.5. The minimum absolute atomic E-state index is 0.160. The highest BCUT2D eigenvalue weighted by Crippen LogP contribution is 2.43. The summed E-state index contributed by atoms with van der Waals surface area (Å²) in [4.78, 5) is 27.0. The number of amides is 2. The molecular weight excluding hydrogens is 443 g/mol. The second-order valence-electron chi connectivity index (χ2n) is 7.56. The van der Waals surface area contributed by atoms with Gasteiger partial charge in [0, 0.05) is 17.3 Å². The van der Waals surface area contributed by atoms with E-state index in [1.807, 2.05) is 13.0 Å². The Morgan fingerprint density at radius 3 is 2.48 bits per heavy atom. The maximum atomic E-state index is 14.6. The number of benzene rings is 3. The van der Waals surface area contributed by atoms with Crippen LogP contribution in [0.25, 0.3) is 0 Å². The highest BCUT2D eigenvalue weighted by molar-refractivity contribution is 8.00. The van der Waals surface area contributed by atoms with Gasteiger partial charge in [-0.25, -0.2) is 4.39 Å². The van der Waals surface area contributed by atoms with Crippen molar-refractivity contribution in [1.29, 1.82) is 0 Å². The average molecular weight is 467 g/mol. The summed E-state index contributed by atoms with van der Waals surface area (Å²) in [5, 5.41) is 2.47. The number of rotatable bonds is 6. The molecule has 1 aliphatic rings. The second kappa shape index (κ2) is 9.54. The normalized spacial score (nSPS) is 15.5. The first-order chi connectivity index (χ1) is 15.9. The van der Waals surface area contributed by atoms with E-state index >= 15 is 0 Å². The van der Waals surface area contributed by atoms with Crippen molar-refractivity contribution in [2.45, 2.75) is 12.3 Å². The van der Waals surface area contributed by atoms with Crippen LogP contribution in [0, 0.1) is 12.7 Å². The molecule has 0 aliphatic carbocycles. The maximum Gasteiger partial charge on any atom is 0.255 e. The van der Waals surface area contributed by atoms with E-state index in [-0.39, 0.29) is 23.3 Å². The molecule has 0 bridgehead atoms. The maximum absolute atomic E-state index is 14.6. The summed E-state index contributed by atoms with van der Waals surface area (Å²) in [6.07, 6.45) is 0. The molecule has 8 heteroatoms.